The summed E-state index contributed by atoms with van der Waals surface area (Å²) in [7, 11) is 0. The highest BCUT2D eigenvalue weighted by atomic mass is 32.2. The zero-order chi connectivity index (χ0) is 17.8. The summed E-state index contributed by atoms with van der Waals surface area (Å²) in [5, 5.41) is 3.84. The van der Waals surface area contributed by atoms with Crippen LogP contribution in [-0.2, 0) is 4.79 Å². The maximum atomic E-state index is 13.1. The van der Waals surface area contributed by atoms with Gasteiger partial charge in [-0.1, -0.05) is 19.1 Å². The standard InChI is InChI=1S/C18H16F2N2OS2/c1-11(18-22-15-4-2-3-5-16(15)25-18)9-21-17(23)10-24-12-6-7-13(19)14(20)8-12/h2-8,11H,9-10H2,1H3,(H,21,23). The van der Waals surface area contributed by atoms with Crippen LogP contribution in [0, 0.1) is 11.6 Å². The molecule has 0 aliphatic carbocycles. The number of amides is 1. The van der Waals surface area contributed by atoms with Gasteiger partial charge in [0.2, 0.25) is 5.91 Å². The Bertz CT molecular complexity index is 865. The van der Waals surface area contributed by atoms with Gasteiger partial charge in [0.15, 0.2) is 11.6 Å². The predicted molar refractivity (Wildman–Crippen MR) is 98.1 cm³/mol. The molecular formula is C18H16F2N2OS2. The number of thiazole rings is 1. The molecule has 0 spiro atoms. The van der Waals surface area contributed by atoms with Crippen LogP contribution in [0.25, 0.3) is 10.2 Å². The third-order valence-corrected chi connectivity index (χ3v) is 5.86. The van der Waals surface area contributed by atoms with E-state index in [1.807, 2.05) is 31.2 Å². The first-order valence-corrected chi connectivity index (χ1v) is 9.53. The van der Waals surface area contributed by atoms with Crippen LogP contribution < -0.4 is 5.32 Å². The first-order valence-electron chi connectivity index (χ1n) is 7.73. The molecule has 1 unspecified atom stereocenters. The summed E-state index contributed by atoms with van der Waals surface area (Å²) in [6, 6.07) is 11.5. The Labute approximate surface area is 152 Å². The van der Waals surface area contributed by atoms with Crippen molar-refractivity contribution in [3.05, 3.63) is 59.1 Å². The number of nitrogens with zero attached hydrogens (tertiary/aromatic N) is 1. The Morgan fingerprint density at radius 3 is 2.80 bits per heavy atom. The smallest absolute Gasteiger partial charge is 0.230 e. The first kappa shape index (κ1) is 17.8. The third kappa shape index (κ3) is 4.55. The van der Waals surface area contributed by atoms with Gasteiger partial charge in [-0.2, -0.15) is 0 Å². The molecule has 130 valence electrons. The number of benzene rings is 2. The monoisotopic (exact) mass is 378 g/mol. The Hall–Kier alpha value is -1.99. The average Bonchev–Trinajstić information content (AvgIpc) is 3.05. The van der Waals surface area contributed by atoms with Crippen molar-refractivity contribution in [3.8, 4) is 0 Å². The molecule has 1 atom stereocenters. The minimum absolute atomic E-state index is 0.106. The van der Waals surface area contributed by atoms with Crippen molar-refractivity contribution in [1.82, 2.24) is 10.3 Å². The van der Waals surface area contributed by atoms with E-state index in [9.17, 15) is 13.6 Å². The summed E-state index contributed by atoms with van der Waals surface area (Å²) in [4.78, 5) is 17.1. The molecule has 0 saturated carbocycles. The summed E-state index contributed by atoms with van der Waals surface area (Å²) >= 11 is 2.80. The molecule has 1 amide bonds. The minimum Gasteiger partial charge on any atom is -0.355 e. The number of fused-ring (bicyclic) bond motifs is 1. The number of carbonyl (C=O) groups excluding carboxylic acids is 1. The summed E-state index contributed by atoms with van der Waals surface area (Å²) in [6.45, 7) is 2.50. The van der Waals surface area contributed by atoms with Crippen LogP contribution in [0.5, 0.6) is 0 Å². The highest BCUT2D eigenvalue weighted by molar-refractivity contribution is 8.00. The molecule has 0 aliphatic rings. The molecule has 0 saturated heterocycles. The Morgan fingerprint density at radius 2 is 2.04 bits per heavy atom. The molecule has 25 heavy (non-hydrogen) atoms. The van der Waals surface area contributed by atoms with E-state index in [1.54, 1.807) is 11.3 Å². The molecule has 0 aliphatic heterocycles. The minimum atomic E-state index is -0.908. The molecular weight excluding hydrogens is 362 g/mol. The van der Waals surface area contributed by atoms with Gasteiger partial charge in [0.1, 0.15) is 0 Å². The van der Waals surface area contributed by atoms with E-state index in [0.717, 1.165) is 27.4 Å². The van der Waals surface area contributed by atoms with E-state index in [-0.39, 0.29) is 17.6 Å². The van der Waals surface area contributed by atoms with Crippen LogP contribution in [0.1, 0.15) is 17.8 Å². The zero-order valence-electron chi connectivity index (χ0n) is 13.5. The first-order chi connectivity index (χ1) is 12.0. The van der Waals surface area contributed by atoms with Crippen LogP contribution in [0.4, 0.5) is 8.78 Å². The molecule has 1 heterocycles. The van der Waals surface area contributed by atoms with Gasteiger partial charge in [-0.05, 0) is 30.3 Å². The lowest BCUT2D eigenvalue weighted by molar-refractivity contribution is -0.118. The van der Waals surface area contributed by atoms with Crippen LogP contribution in [0.15, 0.2) is 47.4 Å². The molecule has 0 bridgehead atoms. The van der Waals surface area contributed by atoms with Gasteiger partial charge < -0.3 is 5.32 Å². The van der Waals surface area contributed by atoms with Crippen molar-refractivity contribution in [2.45, 2.75) is 17.7 Å². The molecule has 3 nitrogen and oxygen atoms in total. The molecule has 0 radical (unpaired) electrons. The maximum absolute atomic E-state index is 13.1. The number of hydrogen-bond donors (Lipinski definition) is 1. The molecule has 3 rings (SSSR count). The highest BCUT2D eigenvalue weighted by Crippen LogP contribution is 2.27. The Balaban J connectivity index is 1.50. The second kappa shape index (κ2) is 7.93. The number of rotatable bonds is 6. The van der Waals surface area contributed by atoms with Crippen LogP contribution in [0.2, 0.25) is 0 Å². The molecule has 2 aromatic carbocycles. The van der Waals surface area contributed by atoms with Crippen molar-refractivity contribution in [2.24, 2.45) is 0 Å². The lowest BCUT2D eigenvalue weighted by Gasteiger charge is -2.10. The van der Waals surface area contributed by atoms with Crippen molar-refractivity contribution in [2.75, 3.05) is 12.3 Å². The lowest BCUT2D eigenvalue weighted by Crippen LogP contribution is -2.28. The van der Waals surface area contributed by atoms with Crippen LogP contribution >= 0.6 is 23.1 Å². The summed E-state index contributed by atoms with van der Waals surface area (Å²) in [5.74, 6) is -1.69. The fraction of sp³-hybridized carbons (Fsp3) is 0.222. The van der Waals surface area contributed by atoms with Crippen molar-refractivity contribution < 1.29 is 13.6 Å². The fourth-order valence-electron chi connectivity index (χ4n) is 2.22. The van der Waals surface area contributed by atoms with Gasteiger partial charge in [0.05, 0.1) is 21.0 Å². The van der Waals surface area contributed by atoms with Crippen molar-refractivity contribution >= 4 is 39.2 Å². The number of halogens is 2. The normalized spacial score (nSPS) is 12.3. The van der Waals surface area contributed by atoms with Crippen LogP contribution in [0.3, 0.4) is 0 Å². The van der Waals surface area contributed by atoms with E-state index < -0.39 is 11.6 Å². The van der Waals surface area contributed by atoms with E-state index in [1.165, 1.54) is 17.8 Å². The van der Waals surface area contributed by atoms with E-state index >= 15 is 0 Å². The third-order valence-electron chi connectivity index (χ3n) is 3.60. The predicted octanol–water partition coefficient (Wildman–Crippen LogP) is 4.59. The van der Waals surface area contributed by atoms with E-state index in [4.69, 9.17) is 0 Å². The van der Waals surface area contributed by atoms with Gasteiger partial charge in [0, 0.05) is 17.4 Å². The summed E-state index contributed by atoms with van der Waals surface area (Å²) in [5.41, 5.74) is 0.967. The molecule has 1 aromatic heterocycles. The fourth-order valence-corrected chi connectivity index (χ4v) is 3.99. The SMILES string of the molecule is CC(CNC(=O)CSc1ccc(F)c(F)c1)c1nc2ccccc2s1. The second-order valence-electron chi connectivity index (χ2n) is 5.59. The number of hydrogen-bond acceptors (Lipinski definition) is 4. The number of carbonyl (C=O) groups is 1. The van der Waals surface area contributed by atoms with Gasteiger partial charge in [-0.25, -0.2) is 13.8 Å². The maximum Gasteiger partial charge on any atom is 0.230 e. The quantitative estimate of drug-likeness (QED) is 0.638. The van der Waals surface area contributed by atoms with Crippen molar-refractivity contribution in [1.29, 1.82) is 0 Å². The Morgan fingerprint density at radius 1 is 1.24 bits per heavy atom. The molecule has 3 aromatic rings. The highest BCUT2D eigenvalue weighted by Gasteiger charge is 2.13. The molecule has 0 fully saturated rings. The summed E-state index contributed by atoms with van der Waals surface area (Å²) < 4.78 is 27.1. The van der Waals surface area contributed by atoms with Gasteiger partial charge in [-0.3, -0.25) is 4.79 Å². The van der Waals surface area contributed by atoms with Gasteiger partial charge >= 0.3 is 0 Å². The average molecular weight is 378 g/mol. The summed E-state index contributed by atoms with van der Waals surface area (Å²) in [6.07, 6.45) is 0. The van der Waals surface area contributed by atoms with Gasteiger partial charge in [-0.15, -0.1) is 23.1 Å². The topological polar surface area (TPSA) is 42.0 Å². The van der Waals surface area contributed by atoms with E-state index in [0.29, 0.717) is 11.4 Å². The van der Waals surface area contributed by atoms with E-state index in [2.05, 4.69) is 10.3 Å². The zero-order valence-corrected chi connectivity index (χ0v) is 15.1. The number of thioether (sulfide) groups is 1. The molecule has 7 heteroatoms. The van der Waals surface area contributed by atoms with Crippen molar-refractivity contribution in [3.63, 3.8) is 0 Å². The largest absolute Gasteiger partial charge is 0.355 e. The van der Waals surface area contributed by atoms with Crippen LogP contribution in [-0.4, -0.2) is 23.2 Å². The molecule has 1 N–H and O–H groups in total. The van der Waals surface area contributed by atoms with Gasteiger partial charge in [0.25, 0.3) is 0 Å². The number of nitrogens with one attached hydrogen (secondary N) is 1. The number of aromatic nitrogens is 1. The lowest BCUT2D eigenvalue weighted by atomic mass is 10.2. The Kier molecular flexibility index (Phi) is 5.65. The number of para-hydroxylation sites is 1. The second-order valence-corrected chi connectivity index (χ2v) is 7.70.